The van der Waals surface area contributed by atoms with E-state index in [0.29, 0.717) is 18.4 Å². The summed E-state index contributed by atoms with van der Waals surface area (Å²) in [6, 6.07) is 19.1. The molecule has 1 N–H and O–H groups in total. The zero-order valence-corrected chi connectivity index (χ0v) is 21.3. The molecule has 0 fully saturated rings. The molecule has 0 amide bonds. The van der Waals surface area contributed by atoms with Gasteiger partial charge in [-0.2, -0.15) is 0 Å². The Morgan fingerprint density at radius 1 is 1.00 bits per heavy atom. The third-order valence-electron chi connectivity index (χ3n) is 5.94. The van der Waals surface area contributed by atoms with E-state index in [2.05, 4.69) is 0 Å². The molecule has 2 unspecified atom stereocenters. The molecule has 0 saturated heterocycles. The monoisotopic (exact) mass is 516 g/mol. The minimum atomic E-state index is -3.97. The van der Waals surface area contributed by atoms with Gasteiger partial charge in [-0.15, -0.1) is 11.3 Å². The first kappa shape index (κ1) is 25.5. The summed E-state index contributed by atoms with van der Waals surface area (Å²) in [5, 5.41) is 1.04. The maximum atomic E-state index is 13.9. The molecule has 0 spiro atoms. The van der Waals surface area contributed by atoms with Crippen LogP contribution in [0.1, 0.15) is 34.1 Å². The van der Waals surface area contributed by atoms with E-state index in [-0.39, 0.29) is 12.6 Å². The molecule has 0 aliphatic rings. The lowest BCUT2D eigenvalue weighted by Gasteiger charge is -2.22. The number of methoxy groups -OCH3 is 1. The van der Waals surface area contributed by atoms with Gasteiger partial charge in [0.15, 0.2) is 11.6 Å². The molecular weight excluding hydrogens is 489 g/mol. The SMILES string of the molecule is COc1ccc(CCCP(=O)(O)OC(Cc2ccc(F)c(F)c2)c2sc3ccccc3c2C)cc1. The Bertz CT molecular complexity index is 1350. The van der Waals surface area contributed by atoms with E-state index in [0.717, 1.165) is 44.0 Å². The number of ether oxygens (including phenoxy) is 1. The first-order chi connectivity index (χ1) is 16.8. The highest BCUT2D eigenvalue weighted by Gasteiger charge is 2.29. The number of fused-ring (bicyclic) bond motifs is 1. The first-order valence-corrected chi connectivity index (χ1v) is 13.9. The fourth-order valence-electron chi connectivity index (χ4n) is 4.09. The largest absolute Gasteiger partial charge is 0.497 e. The maximum absolute atomic E-state index is 13.9. The molecular formula is C27H27F2O4PS. The zero-order chi connectivity index (χ0) is 25.0. The van der Waals surface area contributed by atoms with Gasteiger partial charge in [-0.25, -0.2) is 8.78 Å². The number of thiophene rings is 1. The van der Waals surface area contributed by atoms with Crippen LogP contribution in [0.25, 0.3) is 10.1 Å². The average molecular weight is 517 g/mol. The van der Waals surface area contributed by atoms with Crippen molar-refractivity contribution >= 4 is 29.0 Å². The Balaban J connectivity index is 1.54. The normalized spacial score (nSPS) is 14.1. The lowest BCUT2D eigenvalue weighted by Crippen LogP contribution is -2.09. The summed E-state index contributed by atoms with van der Waals surface area (Å²) in [6.45, 7) is 1.95. The Morgan fingerprint density at radius 2 is 1.71 bits per heavy atom. The number of hydrogen-bond acceptors (Lipinski definition) is 4. The molecule has 0 saturated carbocycles. The van der Waals surface area contributed by atoms with Gasteiger partial charge in [0, 0.05) is 16.0 Å². The highest BCUT2D eigenvalue weighted by atomic mass is 32.1. The van der Waals surface area contributed by atoms with E-state index in [4.69, 9.17) is 9.26 Å². The topological polar surface area (TPSA) is 55.8 Å². The molecule has 3 aromatic carbocycles. The Morgan fingerprint density at radius 3 is 2.40 bits per heavy atom. The van der Waals surface area contributed by atoms with Gasteiger partial charge in [0.05, 0.1) is 13.3 Å². The molecule has 4 nitrogen and oxygen atoms in total. The summed E-state index contributed by atoms with van der Waals surface area (Å²) in [5.41, 5.74) is 2.48. The highest BCUT2D eigenvalue weighted by Crippen LogP contribution is 2.50. The van der Waals surface area contributed by atoms with Gasteiger partial charge in [-0.1, -0.05) is 36.4 Å². The second-order valence-corrected chi connectivity index (χ2v) is 11.5. The summed E-state index contributed by atoms with van der Waals surface area (Å²) in [4.78, 5) is 11.5. The smallest absolute Gasteiger partial charge is 0.328 e. The van der Waals surface area contributed by atoms with Crippen molar-refractivity contribution in [3.05, 3.63) is 99.9 Å². The zero-order valence-electron chi connectivity index (χ0n) is 19.5. The minimum Gasteiger partial charge on any atom is -0.497 e. The van der Waals surface area contributed by atoms with Crippen LogP contribution in [0, 0.1) is 18.6 Å². The van der Waals surface area contributed by atoms with Crippen LogP contribution >= 0.6 is 18.9 Å². The number of hydrogen-bond donors (Lipinski definition) is 1. The first-order valence-electron chi connectivity index (χ1n) is 11.3. The van der Waals surface area contributed by atoms with Gasteiger partial charge in [-0.05, 0) is 72.2 Å². The van der Waals surface area contributed by atoms with Gasteiger partial charge in [-0.3, -0.25) is 9.09 Å². The second kappa shape index (κ2) is 11.0. The summed E-state index contributed by atoms with van der Waals surface area (Å²) in [6.07, 6.45) is 0.441. The Hall–Kier alpha value is -2.57. The van der Waals surface area contributed by atoms with Gasteiger partial charge in [0.2, 0.25) is 0 Å². The third kappa shape index (κ3) is 6.36. The molecule has 1 aromatic heterocycles. The van der Waals surface area contributed by atoms with Crippen LogP contribution in [0.3, 0.4) is 0 Å². The molecule has 0 aliphatic heterocycles. The van der Waals surface area contributed by atoms with Crippen molar-refractivity contribution in [2.75, 3.05) is 13.3 Å². The van der Waals surface area contributed by atoms with E-state index in [1.165, 1.54) is 17.4 Å². The van der Waals surface area contributed by atoms with E-state index in [1.807, 2.05) is 55.5 Å². The van der Waals surface area contributed by atoms with Crippen molar-refractivity contribution in [3.63, 3.8) is 0 Å². The van der Waals surface area contributed by atoms with Crippen LogP contribution in [0.5, 0.6) is 5.75 Å². The molecule has 35 heavy (non-hydrogen) atoms. The van der Waals surface area contributed by atoms with Crippen LogP contribution in [0.4, 0.5) is 8.78 Å². The summed E-state index contributed by atoms with van der Waals surface area (Å²) < 4.78 is 52.5. The fourth-order valence-corrected chi connectivity index (χ4v) is 6.64. The summed E-state index contributed by atoms with van der Waals surface area (Å²) in [7, 11) is -2.37. The molecule has 2 atom stereocenters. The van der Waals surface area contributed by atoms with E-state index < -0.39 is 25.3 Å². The van der Waals surface area contributed by atoms with Crippen molar-refractivity contribution in [1.29, 1.82) is 0 Å². The van der Waals surface area contributed by atoms with Crippen molar-refractivity contribution in [1.82, 2.24) is 0 Å². The van der Waals surface area contributed by atoms with Crippen LogP contribution in [0.15, 0.2) is 66.7 Å². The average Bonchev–Trinajstić information content (AvgIpc) is 3.18. The molecule has 4 rings (SSSR count). The fraction of sp³-hybridized carbons (Fsp3) is 0.259. The van der Waals surface area contributed by atoms with Crippen LogP contribution in [-0.4, -0.2) is 18.2 Å². The third-order valence-corrected chi connectivity index (χ3v) is 8.77. The molecule has 0 bridgehead atoms. The molecule has 184 valence electrons. The van der Waals surface area contributed by atoms with Crippen LogP contribution in [-0.2, 0) is 21.9 Å². The van der Waals surface area contributed by atoms with Crippen molar-refractivity contribution < 1.29 is 27.5 Å². The number of benzene rings is 3. The molecule has 1 heterocycles. The van der Waals surface area contributed by atoms with E-state index in [1.54, 1.807) is 7.11 Å². The maximum Gasteiger partial charge on any atom is 0.328 e. The van der Waals surface area contributed by atoms with Crippen molar-refractivity contribution in [2.45, 2.75) is 32.3 Å². The highest BCUT2D eigenvalue weighted by molar-refractivity contribution is 7.52. The van der Waals surface area contributed by atoms with Crippen LogP contribution in [0.2, 0.25) is 0 Å². The van der Waals surface area contributed by atoms with Gasteiger partial charge >= 0.3 is 7.60 Å². The molecule has 4 aromatic rings. The standard InChI is InChI=1S/C27H27F2O4PS/c1-18-22-7-3-4-8-26(22)35-27(18)25(17-20-11-14-23(28)24(29)16-20)33-34(30,31)15-5-6-19-9-12-21(32-2)13-10-19/h3-4,7-14,16,25H,5-6,15,17H2,1-2H3,(H,30,31). The molecule has 8 heteroatoms. The number of rotatable bonds is 10. The number of halogens is 2. The Labute approximate surface area is 207 Å². The predicted molar refractivity (Wildman–Crippen MR) is 136 cm³/mol. The predicted octanol–water partition coefficient (Wildman–Crippen LogP) is 7.62. The van der Waals surface area contributed by atoms with Crippen LogP contribution < -0.4 is 4.74 Å². The lowest BCUT2D eigenvalue weighted by atomic mass is 10.0. The lowest BCUT2D eigenvalue weighted by molar-refractivity contribution is 0.178. The Kier molecular flexibility index (Phi) is 8.02. The number of aryl methyl sites for hydroxylation is 2. The van der Waals surface area contributed by atoms with Gasteiger partial charge in [0.1, 0.15) is 11.9 Å². The quantitative estimate of drug-likeness (QED) is 0.220. The minimum absolute atomic E-state index is 0.0166. The van der Waals surface area contributed by atoms with E-state index >= 15 is 0 Å². The van der Waals surface area contributed by atoms with E-state index in [9.17, 15) is 18.2 Å². The van der Waals surface area contributed by atoms with Gasteiger partial charge < -0.3 is 9.63 Å². The molecule has 0 aliphatic carbocycles. The van der Waals surface area contributed by atoms with Crippen molar-refractivity contribution in [2.24, 2.45) is 0 Å². The molecule has 0 radical (unpaired) electrons. The van der Waals surface area contributed by atoms with Gasteiger partial charge in [0.25, 0.3) is 0 Å². The summed E-state index contributed by atoms with van der Waals surface area (Å²) in [5.74, 6) is -1.14. The second-order valence-electron chi connectivity index (χ2n) is 8.45. The van der Waals surface area contributed by atoms with Crippen molar-refractivity contribution in [3.8, 4) is 5.75 Å². The summed E-state index contributed by atoms with van der Waals surface area (Å²) >= 11 is 1.49.